The first-order valence-electron chi connectivity index (χ1n) is 7.91. The molecule has 0 unspecified atom stereocenters. The van der Waals surface area contributed by atoms with Crippen LogP contribution < -0.4 is 5.32 Å². The van der Waals surface area contributed by atoms with E-state index >= 15 is 0 Å². The van der Waals surface area contributed by atoms with Gasteiger partial charge in [-0.25, -0.2) is 14.8 Å². The molecule has 1 fully saturated rings. The largest absolute Gasteiger partial charge is 0.478 e. The number of aromatic nitrogens is 3. The Kier molecular flexibility index (Phi) is 3.18. The van der Waals surface area contributed by atoms with Gasteiger partial charge in [0, 0.05) is 17.6 Å². The number of imidazole rings is 1. The number of fused-ring (bicyclic) bond motifs is 3. The summed E-state index contributed by atoms with van der Waals surface area (Å²) in [6.45, 7) is 1.95. The van der Waals surface area contributed by atoms with Crippen LogP contribution in [0.15, 0.2) is 24.4 Å². The zero-order valence-electron chi connectivity index (χ0n) is 12.9. The molecule has 0 saturated heterocycles. The first kappa shape index (κ1) is 14.0. The van der Waals surface area contributed by atoms with E-state index in [0.717, 1.165) is 35.5 Å². The molecule has 118 valence electrons. The molecule has 0 spiro atoms. The summed E-state index contributed by atoms with van der Waals surface area (Å²) in [5.41, 5.74) is 2.62. The molecule has 2 heterocycles. The zero-order chi connectivity index (χ0) is 16.0. The van der Waals surface area contributed by atoms with E-state index < -0.39 is 5.97 Å². The van der Waals surface area contributed by atoms with Gasteiger partial charge in [0.25, 0.3) is 0 Å². The second kappa shape index (κ2) is 5.22. The van der Waals surface area contributed by atoms with Gasteiger partial charge in [0.2, 0.25) is 5.95 Å². The topological polar surface area (TPSA) is 79.5 Å². The van der Waals surface area contributed by atoms with Crippen LogP contribution in [0.5, 0.6) is 0 Å². The lowest BCUT2D eigenvalue weighted by molar-refractivity contribution is 0.0697. The molecule has 1 saturated carbocycles. The maximum atomic E-state index is 11.2. The predicted octanol–water partition coefficient (Wildman–Crippen LogP) is 3.24. The van der Waals surface area contributed by atoms with Gasteiger partial charge in [-0.3, -0.25) is 4.40 Å². The van der Waals surface area contributed by atoms with Crippen molar-refractivity contribution in [3.8, 4) is 0 Å². The van der Waals surface area contributed by atoms with Crippen molar-refractivity contribution >= 4 is 28.5 Å². The number of hydrogen-bond acceptors (Lipinski definition) is 4. The molecule has 23 heavy (non-hydrogen) atoms. The third-order valence-electron chi connectivity index (χ3n) is 4.45. The van der Waals surface area contributed by atoms with Crippen molar-refractivity contribution in [1.82, 2.24) is 14.4 Å². The molecule has 1 aliphatic rings. The Morgan fingerprint density at radius 1 is 1.30 bits per heavy atom. The molecule has 6 heteroatoms. The van der Waals surface area contributed by atoms with Crippen molar-refractivity contribution < 1.29 is 9.90 Å². The van der Waals surface area contributed by atoms with Crippen LogP contribution in [0.2, 0.25) is 0 Å². The van der Waals surface area contributed by atoms with Crippen LogP contribution in [0, 0.1) is 6.92 Å². The highest BCUT2D eigenvalue weighted by Crippen LogP contribution is 2.26. The third-order valence-corrected chi connectivity index (χ3v) is 4.45. The van der Waals surface area contributed by atoms with E-state index in [4.69, 9.17) is 0 Å². The molecule has 1 aliphatic carbocycles. The molecule has 6 nitrogen and oxygen atoms in total. The van der Waals surface area contributed by atoms with Crippen LogP contribution >= 0.6 is 0 Å². The van der Waals surface area contributed by atoms with Gasteiger partial charge < -0.3 is 10.4 Å². The Balaban J connectivity index is 1.92. The number of carboxylic acid groups (broad SMARTS) is 1. The van der Waals surface area contributed by atoms with Crippen LogP contribution in [0.4, 0.5) is 5.95 Å². The average molecular weight is 310 g/mol. The van der Waals surface area contributed by atoms with Crippen molar-refractivity contribution in [2.24, 2.45) is 0 Å². The second-order valence-corrected chi connectivity index (χ2v) is 6.17. The number of aryl methyl sites for hydroxylation is 1. The van der Waals surface area contributed by atoms with Gasteiger partial charge in [0.05, 0.1) is 16.8 Å². The van der Waals surface area contributed by atoms with E-state index in [1.165, 1.54) is 12.8 Å². The maximum absolute atomic E-state index is 11.2. The fourth-order valence-corrected chi connectivity index (χ4v) is 3.32. The number of hydrogen-bond donors (Lipinski definition) is 2. The van der Waals surface area contributed by atoms with Crippen molar-refractivity contribution in [2.75, 3.05) is 5.32 Å². The maximum Gasteiger partial charge on any atom is 0.335 e. The highest BCUT2D eigenvalue weighted by atomic mass is 16.4. The number of nitrogens with zero attached hydrogens (tertiary/aromatic N) is 3. The summed E-state index contributed by atoms with van der Waals surface area (Å²) in [6, 6.07) is 5.42. The van der Waals surface area contributed by atoms with Crippen molar-refractivity contribution in [1.29, 1.82) is 0 Å². The van der Waals surface area contributed by atoms with E-state index in [-0.39, 0.29) is 5.56 Å². The lowest BCUT2D eigenvalue weighted by atomic mass is 10.1. The van der Waals surface area contributed by atoms with Crippen LogP contribution in [0.3, 0.4) is 0 Å². The highest BCUT2D eigenvalue weighted by Gasteiger charge is 2.18. The van der Waals surface area contributed by atoms with Gasteiger partial charge in [-0.15, -0.1) is 0 Å². The highest BCUT2D eigenvalue weighted by molar-refractivity contribution is 5.98. The van der Waals surface area contributed by atoms with Gasteiger partial charge in [0.1, 0.15) is 5.65 Å². The van der Waals surface area contributed by atoms with Crippen molar-refractivity contribution in [2.45, 2.75) is 38.6 Å². The summed E-state index contributed by atoms with van der Waals surface area (Å²) < 4.78 is 1.97. The van der Waals surface area contributed by atoms with Gasteiger partial charge in [-0.05, 0) is 38.0 Å². The molecule has 0 atom stereocenters. The molecule has 0 radical (unpaired) electrons. The summed E-state index contributed by atoms with van der Waals surface area (Å²) in [4.78, 5) is 20.5. The van der Waals surface area contributed by atoms with Crippen LogP contribution in [0.25, 0.3) is 16.6 Å². The summed E-state index contributed by atoms with van der Waals surface area (Å²) in [7, 11) is 0. The fourth-order valence-electron chi connectivity index (χ4n) is 3.32. The minimum atomic E-state index is -0.946. The zero-order valence-corrected chi connectivity index (χ0v) is 12.9. The SMILES string of the molecule is Cc1cn2c(NC3CCCC3)nc3cc(C(=O)O)ccc3c2n1. The Morgan fingerprint density at radius 2 is 2.09 bits per heavy atom. The minimum absolute atomic E-state index is 0.240. The number of aromatic carboxylic acids is 1. The average Bonchev–Trinajstić information content (AvgIpc) is 3.15. The number of carboxylic acids is 1. The molecule has 2 N–H and O–H groups in total. The first-order chi connectivity index (χ1) is 11.1. The second-order valence-electron chi connectivity index (χ2n) is 6.17. The summed E-state index contributed by atoms with van der Waals surface area (Å²) in [5.74, 6) is -0.207. The van der Waals surface area contributed by atoms with Crippen LogP contribution in [-0.4, -0.2) is 31.5 Å². The van der Waals surface area contributed by atoms with E-state index in [0.29, 0.717) is 11.6 Å². The molecule has 4 rings (SSSR count). The molecule has 0 bridgehead atoms. The number of rotatable bonds is 3. The van der Waals surface area contributed by atoms with Gasteiger partial charge >= 0.3 is 5.97 Å². The minimum Gasteiger partial charge on any atom is -0.478 e. The van der Waals surface area contributed by atoms with Crippen LogP contribution in [-0.2, 0) is 0 Å². The standard InChI is InChI=1S/C17H18N4O2/c1-10-9-21-15(18-10)13-7-6-11(16(22)23)8-14(13)20-17(21)19-12-4-2-3-5-12/h6-9,12H,2-5H2,1H3,(H,19,20)(H,22,23). The summed E-state index contributed by atoms with van der Waals surface area (Å²) >= 11 is 0. The molecular weight excluding hydrogens is 292 g/mol. The number of nitrogens with one attached hydrogen (secondary N) is 1. The monoisotopic (exact) mass is 310 g/mol. The molecule has 2 aromatic heterocycles. The van der Waals surface area contributed by atoms with Gasteiger partial charge in [-0.2, -0.15) is 0 Å². The summed E-state index contributed by atoms with van der Waals surface area (Å²) in [6.07, 6.45) is 6.72. The number of carbonyl (C=O) groups is 1. The Hall–Kier alpha value is -2.63. The molecule has 0 aliphatic heterocycles. The van der Waals surface area contributed by atoms with E-state index in [9.17, 15) is 9.90 Å². The number of anilines is 1. The van der Waals surface area contributed by atoms with E-state index in [1.807, 2.05) is 17.5 Å². The van der Waals surface area contributed by atoms with E-state index in [1.54, 1.807) is 18.2 Å². The smallest absolute Gasteiger partial charge is 0.335 e. The van der Waals surface area contributed by atoms with Crippen LogP contribution in [0.1, 0.15) is 41.7 Å². The lowest BCUT2D eigenvalue weighted by Crippen LogP contribution is -2.18. The Bertz CT molecular complexity index is 910. The molecular formula is C17H18N4O2. The van der Waals surface area contributed by atoms with Gasteiger partial charge in [-0.1, -0.05) is 12.8 Å². The normalized spacial score (nSPS) is 15.5. The molecule has 1 aromatic carbocycles. The molecule has 0 amide bonds. The fraction of sp³-hybridized carbons (Fsp3) is 0.353. The number of benzene rings is 1. The third kappa shape index (κ3) is 2.40. The molecule has 3 aromatic rings. The predicted molar refractivity (Wildman–Crippen MR) is 88.1 cm³/mol. The summed E-state index contributed by atoms with van der Waals surface area (Å²) in [5, 5.41) is 13.6. The Morgan fingerprint density at radius 3 is 2.83 bits per heavy atom. The lowest BCUT2D eigenvalue weighted by Gasteiger charge is -2.15. The quantitative estimate of drug-likeness (QED) is 0.776. The van der Waals surface area contributed by atoms with Crippen molar-refractivity contribution in [3.05, 3.63) is 35.7 Å². The Labute approximate surface area is 133 Å². The van der Waals surface area contributed by atoms with Gasteiger partial charge in [0.15, 0.2) is 0 Å². The van der Waals surface area contributed by atoms with Crippen molar-refractivity contribution in [3.63, 3.8) is 0 Å². The van der Waals surface area contributed by atoms with E-state index in [2.05, 4.69) is 15.3 Å². The first-order valence-corrected chi connectivity index (χ1v) is 7.91.